The summed E-state index contributed by atoms with van der Waals surface area (Å²) < 4.78 is 101. The van der Waals surface area contributed by atoms with Crippen LogP contribution in [-0.4, -0.2) is 52.1 Å². The Labute approximate surface area is 220 Å². The predicted octanol–water partition coefficient (Wildman–Crippen LogP) is 3.65. The number of hydrogen-bond acceptors (Lipinski definition) is 6. The topological polar surface area (TPSA) is 122 Å². The molecule has 16 heteroatoms. The summed E-state index contributed by atoms with van der Waals surface area (Å²) in [4.78, 5) is 30.2. The Morgan fingerprint density at radius 3 is 2.52 bits per heavy atom. The lowest BCUT2D eigenvalue weighted by Crippen LogP contribution is -2.60. The van der Waals surface area contributed by atoms with Gasteiger partial charge in [-0.3, -0.25) is 9.59 Å². The third kappa shape index (κ3) is 5.26. The Bertz CT molecular complexity index is 1510. The Kier molecular flexibility index (Phi) is 7.18. The van der Waals surface area contributed by atoms with Gasteiger partial charge in [0.1, 0.15) is 23.8 Å². The molecule has 0 spiro atoms. The van der Waals surface area contributed by atoms with Gasteiger partial charge in [-0.2, -0.15) is 36.7 Å². The molecule has 1 atom stereocenters. The fraction of sp³-hybridized carbons (Fsp3) is 0.292. The number of aromatic nitrogens is 3. The van der Waals surface area contributed by atoms with Crippen LogP contribution in [0.4, 0.5) is 30.7 Å². The van der Waals surface area contributed by atoms with E-state index in [2.05, 4.69) is 20.1 Å². The highest BCUT2D eigenvalue weighted by atomic mass is 19.4. The zero-order valence-electron chi connectivity index (χ0n) is 20.2. The van der Waals surface area contributed by atoms with Gasteiger partial charge in [0.15, 0.2) is 18.0 Å². The van der Waals surface area contributed by atoms with E-state index in [9.17, 15) is 35.9 Å². The van der Waals surface area contributed by atoms with Gasteiger partial charge in [0.25, 0.3) is 11.8 Å². The summed E-state index contributed by atoms with van der Waals surface area (Å²) in [7, 11) is 0. The zero-order chi connectivity index (χ0) is 29.5. The number of nitrogens with one attached hydrogen (secondary N) is 2. The molecule has 4 rings (SSSR count). The van der Waals surface area contributed by atoms with E-state index in [1.54, 1.807) is 24.4 Å². The molecule has 0 saturated heterocycles. The molecule has 210 valence electrons. The first-order valence-corrected chi connectivity index (χ1v) is 11.3. The highest BCUT2D eigenvalue weighted by Crippen LogP contribution is 2.46. The fourth-order valence-corrected chi connectivity index (χ4v) is 4.12. The van der Waals surface area contributed by atoms with E-state index < -0.39 is 83.4 Å². The third-order valence-corrected chi connectivity index (χ3v) is 5.89. The maximum Gasteiger partial charge on any atom is 0.422 e. The van der Waals surface area contributed by atoms with E-state index >= 15 is 4.39 Å². The van der Waals surface area contributed by atoms with Crippen molar-refractivity contribution >= 4 is 11.8 Å². The number of halogens is 7. The van der Waals surface area contributed by atoms with Gasteiger partial charge in [-0.15, -0.1) is 0 Å². The molecule has 1 aliphatic rings. The van der Waals surface area contributed by atoms with Gasteiger partial charge in [0.2, 0.25) is 0 Å². The number of aryl methyl sites for hydroxylation is 1. The number of pyridine rings is 1. The van der Waals surface area contributed by atoms with Crippen molar-refractivity contribution in [1.82, 2.24) is 25.4 Å². The average molecular weight is 570 g/mol. The van der Waals surface area contributed by atoms with Crippen LogP contribution in [0.15, 0.2) is 36.5 Å². The third-order valence-electron chi connectivity index (χ3n) is 5.89. The van der Waals surface area contributed by atoms with Crippen molar-refractivity contribution < 1.29 is 45.1 Å². The Hall–Kier alpha value is -4.68. The molecule has 40 heavy (non-hydrogen) atoms. The zero-order valence-corrected chi connectivity index (χ0v) is 20.2. The largest absolute Gasteiger partial charge is 0.484 e. The molecule has 0 bridgehead atoms. The number of carbonyl (C=O) groups excluding carboxylic acids is 2. The molecule has 2 amide bonds. The molecule has 2 aromatic heterocycles. The molecule has 0 saturated carbocycles. The molecular weight excluding hydrogens is 553 g/mol. The number of benzene rings is 1. The maximum absolute atomic E-state index is 15.0. The van der Waals surface area contributed by atoms with Crippen LogP contribution in [0.2, 0.25) is 0 Å². The molecule has 0 aliphatic carbocycles. The van der Waals surface area contributed by atoms with E-state index in [0.29, 0.717) is 23.8 Å². The van der Waals surface area contributed by atoms with E-state index in [1.165, 1.54) is 12.3 Å². The van der Waals surface area contributed by atoms with Crippen molar-refractivity contribution in [3.8, 4) is 17.6 Å². The number of hydrogen-bond donors (Lipinski definition) is 2. The number of ether oxygens (including phenoxy) is 1. The summed E-state index contributed by atoms with van der Waals surface area (Å²) in [6.07, 6.45) is -9.93. The summed E-state index contributed by atoms with van der Waals surface area (Å²) in [5.74, 6) is -4.78. The quantitative estimate of drug-likeness (QED) is 0.345. The highest BCUT2D eigenvalue weighted by molar-refractivity contribution is 6.08. The first-order chi connectivity index (χ1) is 18.7. The smallest absolute Gasteiger partial charge is 0.422 e. The van der Waals surface area contributed by atoms with Crippen LogP contribution in [0.3, 0.4) is 0 Å². The molecule has 2 N–H and O–H groups in total. The van der Waals surface area contributed by atoms with E-state index in [-0.39, 0.29) is 5.82 Å². The molecule has 9 nitrogen and oxygen atoms in total. The Morgan fingerprint density at radius 1 is 1.23 bits per heavy atom. The predicted molar refractivity (Wildman–Crippen MR) is 121 cm³/mol. The van der Waals surface area contributed by atoms with Crippen molar-refractivity contribution in [3.63, 3.8) is 0 Å². The minimum atomic E-state index is -5.34. The van der Waals surface area contributed by atoms with Crippen LogP contribution in [-0.2, 0) is 12.0 Å². The minimum Gasteiger partial charge on any atom is -0.484 e. The standard InChI is InChI=1S/C24H17F7N6O3/c1-12-2-5-17(34-10-12)37-19(21(39)33-7-6-32)18-16(36-37)9-22(24(29,30)31,35-20(18)38)14-4-3-13(8-15(14)25)40-11-23(26,27)28/h2-5,8,10H,7,9,11H2,1H3,(H,33,39)(H,35,38)/t22-/m0/s1. The molecule has 0 radical (unpaired) electrons. The summed E-state index contributed by atoms with van der Waals surface area (Å²) in [6.45, 7) is -0.607. The minimum absolute atomic E-state index is 0.0372. The number of rotatable bonds is 6. The molecule has 0 fully saturated rings. The van der Waals surface area contributed by atoms with Crippen molar-refractivity contribution in [1.29, 1.82) is 5.26 Å². The summed E-state index contributed by atoms with van der Waals surface area (Å²) in [5.41, 5.74) is -5.43. The SMILES string of the molecule is Cc1ccc(-n2nc3c(c2C(=O)NCC#N)C(=O)N[C@@](c2ccc(OCC(F)(F)F)cc2F)(C(F)(F)F)C3)nc1. The number of amides is 2. The Morgan fingerprint density at radius 2 is 1.95 bits per heavy atom. The van der Waals surface area contributed by atoms with Gasteiger partial charge in [0.05, 0.1) is 17.3 Å². The van der Waals surface area contributed by atoms with Crippen molar-refractivity contribution in [2.24, 2.45) is 0 Å². The van der Waals surface area contributed by atoms with Crippen molar-refractivity contribution in [2.75, 3.05) is 13.2 Å². The van der Waals surface area contributed by atoms with Crippen LogP contribution in [0.1, 0.15) is 37.7 Å². The summed E-state index contributed by atoms with van der Waals surface area (Å²) in [5, 5.41) is 16.8. The van der Waals surface area contributed by atoms with Crippen LogP contribution in [0, 0.1) is 24.1 Å². The second-order valence-corrected chi connectivity index (χ2v) is 8.70. The van der Waals surface area contributed by atoms with Gasteiger partial charge in [0, 0.05) is 24.2 Å². The molecule has 1 aromatic carbocycles. The number of fused-ring (bicyclic) bond motifs is 1. The number of alkyl halides is 6. The average Bonchev–Trinajstić information content (AvgIpc) is 3.25. The number of nitriles is 1. The van der Waals surface area contributed by atoms with E-state index in [0.717, 1.165) is 4.68 Å². The molecular formula is C24H17F7N6O3. The van der Waals surface area contributed by atoms with Crippen LogP contribution < -0.4 is 15.4 Å². The van der Waals surface area contributed by atoms with Crippen LogP contribution >= 0.6 is 0 Å². The first-order valence-electron chi connectivity index (χ1n) is 11.3. The van der Waals surface area contributed by atoms with Gasteiger partial charge in [-0.25, -0.2) is 14.1 Å². The molecule has 3 heterocycles. The normalized spacial score (nSPS) is 17.0. The fourth-order valence-electron chi connectivity index (χ4n) is 4.12. The highest BCUT2D eigenvalue weighted by Gasteiger charge is 2.61. The van der Waals surface area contributed by atoms with Crippen LogP contribution in [0.5, 0.6) is 5.75 Å². The van der Waals surface area contributed by atoms with Crippen molar-refractivity contribution in [3.05, 3.63) is 70.4 Å². The second kappa shape index (κ2) is 10.1. The van der Waals surface area contributed by atoms with Gasteiger partial charge in [-0.05, 0) is 30.7 Å². The van der Waals surface area contributed by atoms with Gasteiger partial charge >= 0.3 is 12.4 Å². The molecule has 0 unspecified atom stereocenters. The van der Waals surface area contributed by atoms with E-state index in [1.807, 2.05) is 0 Å². The lowest BCUT2D eigenvalue weighted by molar-refractivity contribution is -0.199. The first kappa shape index (κ1) is 28.3. The monoisotopic (exact) mass is 570 g/mol. The summed E-state index contributed by atoms with van der Waals surface area (Å²) >= 11 is 0. The molecule has 1 aliphatic heterocycles. The molecule has 3 aromatic rings. The van der Waals surface area contributed by atoms with E-state index in [4.69, 9.17) is 5.26 Å². The van der Waals surface area contributed by atoms with Gasteiger partial charge in [-0.1, -0.05) is 6.07 Å². The summed E-state index contributed by atoms with van der Waals surface area (Å²) in [6, 6.07) is 6.22. The number of carbonyl (C=O) groups is 2. The lowest BCUT2D eigenvalue weighted by atomic mass is 9.80. The Balaban J connectivity index is 1.85. The van der Waals surface area contributed by atoms with Crippen LogP contribution in [0.25, 0.3) is 5.82 Å². The second-order valence-electron chi connectivity index (χ2n) is 8.70. The van der Waals surface area contributed by atoms with Crippen molar-refractivity contribution in [2.45, 2.75) is 31.2 Å². The maximum atomic E-state index is 15.0. The number of nitrogens with zero attached hydrogens (tertiary/aromatic N) is 4. The lowest BCUT2D eigenvalue weighted by Gasteiger charge is -2.39. The van der Waals surface area contributed by atoms with Gasteiger partial charge < -0.3 is 15.4 Å².